The lowest BCUT2D eigenvalue weighted by Gasteiger charge is -2.49. The van der Waals surface area contributed by atoms with Crippen LogP contribution in [0.4, 0.5) is 10.9 Å². The first-order chi connectivity index (χ1) is 17.3. The molecule has 5 rings (SSSR count). The fraction of sp³-hybridized carbons (Fsp3) is 0.429. The Hall–Kier alpha value is -3.59. The molecule has 0 aliphatic carbocycles. The summed E-state index contributed by atoms with van der Waals surface area (Å²) in [5.41, 5.74) is 6.38. The normalized spacial score (nSPS) is 21.6. The molecule has 190 valence electrons. The second-order valence-corrected chi connectivity index (χ2v) is 10.5. The molecule has 0 bridgehead atoms. The predicted octanol–water partition coefficient (Wildman–Crippen LogP) is -0.556. The first-order valence-corrected chi connectivity index (χ1v) is 13.1. The van der Waals surface area contributed by atoms with E-state index in [1.807, 2.05) is 24.0 Å². The Bertz CT molecular complexity index is 1300. The van der Waals surface area contributed by atoms with E-state index >= 15 is 0 Å². The van der Waals surface area contributed by atoms with E-state index in [1.165, 1.54) is 23.8 Å². The Morgan fingerprint density at radius 3 is 2.92 bits per heavy atom. The predicted molar refractivity (Wildman–Crippen MR) is 132 cm³/mol. The topological polar surface area (TPSA) is 159 Å². The minimum absolute atomic E-state index is 0.0282. The largest absolute Gasteiger partial charge is 0.477 e. The molecular formula is C21H25N8O5S2+. The van der Waals surface area contributed by atoms with Crippen molar-refractivity contribution in [2.75, 3.05) is 37.1 Å². The van der Waals surface area contributed by atoms with Crippen LogP contribution < -0.4 is 20.6 Å². The van der Waals surface area contributed by atoms with E-state index in [-0.39, 0.29) is 22.2 Å². The van der Waals surface area contributed by atoms with Crippen LogP contribution in [0, 0.1) is 0 Å². The molecule has 0 saturated carbocycles. The quantitative estimate of drug-likeness (QED) is 0.184. The van der Waals surface area contributed by atoms with Crippen LogP contribution in [0.15, 0.2) is 34.1 Å². The highest BCUT2D eigenvalue weighted by Crippen LogP contribution is 2.40. The molecular weight excluding hydrogens is 508 g/mol. The number of hydrogen-bond acceptors (Lipinski definition) is 10. The van der Waals surface area contributed by atoms with Crippen LogP contribution in [0.25, 0.3) is 0 Å². The molecule has 1 saturated heterocycles. The van der Waals surface area contributed by atoms with Crippen molar-refractivity contribution in [2.45, 2.75) is 30.9 Å². The van der Waals surface area contributed by atoms with Crippen molar-refractivity contribution in [3.8, 4) is 0 Å². The van der Waals surface area contributed by atoms with Crippen molar-refractivity contribution in [2.24, 2.45) is 5.16 Å². The Morgan fingerprint density at radius 2 is 2.22 bits per heavy atom. The first-order valence-electron chi connectivity index (χ1n) is 11.1. The van der Waals surface area contributed by atoms with Crippen molar-refractivity contribution < 1.29 is 29.0 Å². The molecule has 13 nitrogen and oxygen atoms in total. The SMILES string of the molecule is CON=C(C(=O)N[C@@H]1C(=O)N2C(C(=O)O)=C(C[n+]3ccc4n3CCCN4C)CS[C@H]12)c1csc(N)n1. The number of carboxylic acids is 1. The molecule has 0 radical (unpaired) electrons. The number of aromatic nitrogens is 3. The molecule has 36 heavy (non-hydrogen) atoms. The number of thiazole rings is 1. The number of carboxylic acid groups (broad SMARTS) is 1. The van der Waals surface area contributed by atoms with E-state index in [4.69, 9.17) is 10.6 Å². The van der Waals surface area contributed by atoms with Gasteiger partial charge in [-0.1, -0.05) is 5.16 Å². The third kappa shape index (κ3) is 4.07. The van der Waals surface area contributed by atoms with Gasteiger partial charge in [0.2, 0.25) is 0 Å². The highest BCUT2D eigenvalue weighted by Gasteiger charge is 2.55. The number of carbonyl (C=O) groups excluding carboxylic acids is 2. The summed E-state index contributed by atoms with van der Waals surface area (Å²) in [5.74, 6) is -0.846. The Kier molecular flexibility index (Phi) is 6.34. The number of β-lactam (4-membered cyclic amide) rings is 1. The van der Waals surface area contributed by atoms with E-state index in [0.717, 1.165) is 36.7 Å². The second-order valence-electron chi connectivity index (χ2n) is 8.48. The van der Waals surface area contributed by atoms with Crippen molar-refractivity contribution in [1.29, 1.82) is 0 Å². The summed E-state index contributed by atoms with van der Waals surface area (Å²) in [7, 11) is 3.32. The van der Waals surface area contributed by atoms with Crippen molar-refractivity contribution in [1.82, 2.24) is 19.9 Å². The number of anilines is 2. The molecule has 2 amide bonds. The lowest BCUT2D eigenvalue weighted by molar-refractivity contribution is -0.768. The van der Waals surface area contributed by atoms with Crippen LogP contribution in [0.2, 0.25) is 0 Å². The molecule has 4 N–H and O–H groups in total. The van der Waals surface area contributed by atoms with Crippen molar-refractivity contribution >= 4 is 57.5 Å². The molecule has 1 fully saturated rings. The average molecular weight is 534 g/mol. The van der Waals surface area contributed by atoms with Gasteiger partial charge in [0.15, 0.2) is 29.4 Å². The van der Waals surface area contributed by atoms with Gasteiger partial charge < -0.3 is 25.9 Å². The van der Waals surface area contributed by atoms with Crippen molar-refractivity contribution in [3.05, 3.63) is 34.6 Å². The van der Waals surface area contributed by atoms with Crippen LogP contribution >= 0.6 is 23.1 Å². The summed E-state index contributed by atoms with van der Waals surface area (Å²) >= 11 is 2.55. The van der Waals surface area contributed by atoms with Crippen LogP contribution in [0.1, 0.15) is 12.1 Å². The van der Waals surface area contributed by atoms with Crippen LogP contribution in [-0.2, 0) is 32.3 Å². The van der Waals surface area contributed by atoms with Gasteiger partial charge in [-0.3, -0.25) is 14.5 Å². The zero-order valence-electron chi connectivity index (χ0n) is 19.6. The monoisotopic (exact) mass is 533 g/mol. The third-order valence-electron chi connectivity index (χ3n) is 6.28. The maximum absolute atomic E-state index is 13.1. The van der Waals surface area contributed by atoms with E-state index in [1.54, 1.807) is 5.38 Å². The zero-order chi connectivity index (χ0) is 25.6. The molecule has 3 aliphatic rings. The highest BCUT2D eigenvalue weighted by atomic mass is 32.2. The fourth-order valence-corrected chi connectivity index (χ4v) is 6.51. The molecule has 0 aromatic carbocycles. The van der Waals surface area contributed by atoms with Crippen LogP contribution in [0.5, 0.6) is 0 Å². The Morgan fingerprint density at radius 1 is 1.42 bits per heavy atom. The number of hydrogen-bond donors (Lipinski definition) is 3. The molecule has 3 aliphatic heterocycles. The zero-order valence-corrected chi connectivity index (χ0v) is 21.2. The first kappa shape index (κ1) is 24.1. The van der Waals surface area contributed by atoms with Gasteiger partial charge in [-0.25, -0.2) is 9.78 Å². The molecule has 2 aromatic heterocycles. The van der Waals surface area contributed by atoms with E-state index in [2.05, 4.69) is 25.0 Å². The third-order valence-corrected chi connectivity index (χ3v) is 8.29. The summed E-state index contributed by atoms with van der Waals surface area (Å²) in [6.45, 7) is 2.16. The van der Waals surface area contributed by atoms with Gasteiger partial charge in [0.25, 0.3) is 11.8 Å². The minimum Gasteiger partial charge on any atom is -0.477 e. The molecule has 2 aromatic rings. The Labute approximate surface area is 214 Å². The molecule has 15 heteroatoms. The minimum atomic E-state index is -1.17. The maximum Gasteiger partial charge on any atom is 0.352 e. The standard InChI is InChI=1S/C21H24N8O5S2/c1-26-5-3-6-28-13(26)4-7-27(28)8-11-9-35-19-15(18(31)29(19)16(11)20(32)33)24-17(30)14(25-34-2)12-10-36-21(22)23-12/h4,7,10,15,19H,3,5-6,8-9H2,1-2H3,(H3-,22,23,24,30,32,33)/p+1/t15-,19-/m1/s1. The van der Waals surface area contributed by atoms with E-state index < -0.39 is 29.2 Å². The van der Waals surface area contributed by atoms with Gasteiger partial charge >= 0.3 is 5.97 Å². The summed E-state index contributed by atoms with van der Waals surface area (Å²) in [6.07, 6.45) is 2.93. The number of amides is 2. The van der Waals surface area contributed by atoms with Crippen LogP contribution in [-0.4, -0.2) is 81.0 Å². The summed E-state index contributed by atoms with van der Waals surface area (Å²) in [6, 6.07) is 1.10. The number of aliphatic carboxylic acids is 1. The number of rotatable bonds is 7. The number of carbonyl (C=O) groups is 3. The number of oxime groups is 1. The maximum atomic E-state index is 13.1. The number of fused-ring (bicyclic) bond motifs is 2. The summed E-state index contributed by atoms with van der Waals surface area (Å²) < 4.78 is 4.11. The van der Waals surface area contributed by atoms with Gasteiger partial charge in [-0.05, 0) is 6.42 Å². The van der Waals surface area contributed by atoms with Gasteiger partial charge in [-0.15, -0.1) is 32.5 Å². The highest BCUT2D eigenvalue weighted by molar-refractivity contribution is 8.00. The second kappa shape index (κ2) is 9.46. The number of nitrogens with zero attached hydrogens (tertiary/aromatic N) is 6. The molecule has 0 unspecified atom stereocenters. The van der Waals surface area contributed by atoms with E-state index in [0.29, 0.717) is 17.9 Å². The average Bonchev–Trinajstić information content (AvgIpc) is 3.47. The van der Waals surface area contributed by atoms with Crippen LogP contribution in [0.3, 0.4) is 0 Å². The molecule has 2 atom stereocenters. The smallest absolute Gasteiger partial charge is 0.352 e. The number of thioether (sulfide) groups is 1. The Balaban J connectivity index is 1.35. The van der Waals surface area contributed by atoms with Gasteiger partial charge in [0, 0.05) is 30.3 Å². The summed E-state index contributed by atoms with van der Waals surface area (Å²) in [4.78, 5) is 50.5. The lowest BCUT2D eigenvalue weighted by atomic mass is 10.0. The fourth-order valence-electron chi connectivity index (χ4n) is 4.63. The van der Waals surface area contributed by atoms with Crippen molar-refractivity contribution in [3.63, 3.8) is 0 Å². The van der Waals surface area contributed by atoms with Gasteiger partial charge in [0.1, 0.15) is 29.9 Å². The van der Waals surface area contributed by atoms with Gasteiger partial charge in [-0.2, -0.15) is 0 Å². The molecule has 5 heterocycles. The number of nitrogens with two attached hydrogens (primary N) is 1. The number of nitrogen functional groups attached to an aromatic ring is 1. The molecule has 0 spiro atoms. The lowest BCUT2D eigenvalue weighted by Crippen LogP contribution is -2.71. The van der Waals surface area contributed by atoms with Gasteiger partial charge in [0.05, 0.1) is 12.6 Å². The number of nitrogens with one attached hydrogen (secondary N) is 1. The van der Waals surface area contributed by atoms with E-state index in [9.17, 15) is 19.5 Å². The summed E-state index contributed by atoms with van der Waals surface area (Å²) in [5, 5.41) is 17.7.